The molecule has 2 aliphatic carbocycles. The van der Waals surface area contributed by atoms with Crippen LogP contribution in [0.15, 0.2) is 18.2 Å². The van der Waals surface area contributed by atoms with Crippen molar-refractivity contribution in [2.45, 2.75) is 115 Å². The number of carbonyl (C=O) groups excluding carboxylic acids is 4. The van der Waals surface area contributed by atoms with Gasteiger partial charge >= 0.3 is 0 Å². The predicted molar refractivity (Wildman–Crippen MR) is 157 cm³/mol. The monoisotopic (exact) mass is 585 g/mol. The molecule has 4 unspecified atom stereocenters. The molecule has 232 valence electrons. The summed E-state index contributed by atoms with van der Waals surface area (Å²) in [6.07, 6.45) is 6.93. The number of epoxide rings is 1. The molecule has 0 bridgehead atoms. The van der Waals surface area contributed by atoms with Crippen LogP contribution in [0.1, 0.15) is 82.8 Å². The Morgan fingerprint density at radius 2 is 1.64 bits per heavy atom. The van der Waals surface area contributed by atoms with Gasteiger partial charge in [-0.2, -0.15) is 0 Å². The van der Waals surface area contributed by atoms with Crippen LogP contribution in [-0.2, 0) is 30.3 Å². The quantitative estimate of drug-likeness (QED) is 0.260. The molecule has 0 spiro atoms. The molecule has 1 aromatic rings. The Labute approximate surface area is 248 Å². The fourth-order valence-electron chi connectivity index (χ4n) is 6.25. The number of nitrogens with one attached hydrogen (secondary N) is 3. The molecule has 4 rings (SSSR count). The van der Waals surface area contributed by atoms with E-state index in [9.17, 15) is 24.3 Å². The average Bonchev–Trinajstić information content (AvgIpc) is 3.50. The second-order valence-corrected chi connectivity index (χ2v) is 12.6. The van der Waals surface area contributed by atoms with Crippen LogP contribution in [0.2, 0.25) is 0 Å². The number of amides is 3. The van der Waals surface area contributed by atoms with Gasteiger partial charge < -0.3 is 30.5 Å². The van der Waals surface area contributed by atoms with Gasteiger partial charge in [0.15, 0.2) is 5.78 Å². The average molecular weight is 586 g/mol. The van der Waals surface area contributed by atoms with Crippen LogP contribution in [0.5, 0.6) is 5.75 Å². The highest BCUT2D eigenvalue weighted by Crippen LogP contribution is 2.33. The van der Waals surface area contributed by atoms with Crippen LogP contribution in [-0.4, -0.2) is 72.2 Å². The number of ether oxygens (including phenoxy) is 2. The zero-order valence-electron chi connectivity index (χ0n) is 25.4. The molecule has 4 atom stereocenters. The molecule has 3 fully saturated rings. The van der Waals surface area contributed by atoms with Gasteiger partial charge in [0.05, 0.1) is 25.9 Å². The van der Waals surface area contributed by atoms with Gasteiger partial charge in [-0.3, -0.25) is 19.2 Å². The van der Waals surface area contributed by atoms with E-state index in [4.69, 9.17) is 9.47 Å². The Morgan fingerprint density at radius 3 is 2.24 bits per heavy atom. The fourth-order valence-corrected chi connectivity index (χ4v) is 6.25. The van der Waals surface area contributed by atoms with Crippen LogP contribution in [0.4, 0.5) is 0 Å². The molecule has 10 heteroatoms. The lowest BCUT2D eigenvalue weighted by atomic mass is 9.87. The molecule has 1 saturated heterocycles. The highest BCUT2D eigenvalue weighted by atomic mass is 16.6. The van der Waals surface area contributed by atoms with E-state index in [0.717, 1.165) is 42.6 Å². The summed E-state index contributed by atoms with van der Waals surface area (Å²) in [6, 6.07) is 3.04. The van der Waals surface area contributed by atoms with Crippen LogP contribution in [0, 0.1) is 18.8 Å². The Morgan fingerprint density at radius 1 is 1.00 bits per heavy atom. The van der Waals surface area contributed by atoms with Crippen molar-refractivity contribution < 1.29 is 33.8 Å². The van der Waals surface area contributed by atoms with E-state index in [2.05, 4.69) is 16.0 Å². The van der Waals surface area contributed by atoms with Gasteiger partial charge in [-0.05, 0) is 76.0 Å². The Balaban J connectivity index is 1.47. The van der Waals surface area contributed by atoms with E-state index in [1.165, 1.54) is 0 Å². The maximum absolute atomic E-state index is 13.8. The molecule has 3 amide bonds. The largest absolute Gasteiger partial charge is 0.496 e. The third-order valence-corrected chi connectivity index (χ3v) is 9.13. The van der Waals surface area contributed by atoms with E-state index in [0.29, 0.717) is 44.6 Å². The van der Waals surface area contributed by atoms with Gasteiger partial charge in [0.1, 0.15) is 23.4 Å². The summed E-state index contributed by atoms with van der Waals surface area (Å²) >= 11 is 0. The number of aryl methyl sites for hydroxylation is 1. The van der Waals surface area contributed by atoms with E-state index < -0.39 is 35.5 Å². The number of Topliss-reactive ketones (excluding diaryl/α,β-unsaturated/α-hetero) is 1. The van der Waals surface area contributed by atoms with E-state index >= 15 is 0 Å². The number of aliphatic hydroxyl groups excluding tert-OH is 1. The minimum absolute atomic E-state index is 0.133. The maximum Gasteiger partial charge on any atom is 0.243 e. The second-order valence-electron chi connectivity index (χ2n) is 12.6. The third-order valence-electron chi connectivity index (χ3n) is 9.13. The van der Waals surface area contributed by atoms with Crippen molar-refractivity contribution in [3.8, 4) is 5.75 Å². The fraction of sp³-hybridized carbons (Fsp3) is 0.688. The summed E-state index contributed by atoms with van der Waals surface area (Å²) in [6.45, 7) is 5.59. The lowest BCUT2D eigenvalue weighted by molar-refractivity contribution is -0.135. The van der Waals surface area contributed by atoms with Crippen LogP contribution < -0.4 is 20.7 Å². The van der Waals surface area contributed by atoms with Crippen molar-refractivity contribution in [2.24, 2.45) is 11.8 Å². The van der Waals surface area contributed by atoms with E-state index in [-0.39, 0.29) is 30.1 Å². The molecule has 2 saturated carbocycles. The first-order chi connectivity index (χ1) is 20.0. The highest BCUT2D eigenvalue weighted by molar-refractivity contribution is 5.98. The van der Waals surface area contributed by atoms with Gasteiger partial charge in [-0.15, -0.1) is 0 Å². The molecular weight excluding hydrogens is 538 g/mol. The van der Waals surface area contributed by atoms with Crippen molar-refractivity contribution in [1.29, 1.82) is 0 Å². The number of hydrogen-bond acceptors (Lipinski definition) is 7. The van der Waals surface area contributed by atoms with Gasteiger partial charge in [0.25, 0.3) is 0 Å². The first-order valence-electron chi connectivity index (χ1n) is 15.4. The van der Waals surface area contributed by atoms with Gasteiger partial charge in [0, 0.05) is 12.3 Å². The number of rotatable bonds is 13. The van der Waals surface area contributed by atoms with E-state index in [1.54, 1.807) is 21.0 Å². The summed E-state index contributed by atoms with van der Waals surface area (Å²) in [5.41, 5.74) is 0.838. The van der Waals surface area contributed by atoms with Crippen molar-refractivity contribution in [3.05, 3.63) is 29.3 Å². The molecule has 1 aliphatic heterocycles. The van der Waals surface area contributed by atoms with Crippen molar-refractivity contribution in [3.63, 3.8) is 0 Å². The van der Waals surface area contributed by atoms with Crippen molar-refractivity contribution >= 4 is 23.5 Å². The predicted octanol–water partition coefficient (Wildman–Crippen LogP) is 2.51. The SMILES string of the molecule is COc1ccc(CC(NC(=O)C(C)NC(=O)C2CCC(O)CC2)C(=O)NC(CC2CCCC2)C(=O)C2(C)CO2)cc1C. The standard InChI is InChI=1S/C32H47N3O7/c1-19-15-22(9-14-27(19)41-4)17-26(35-29(38)20(2)33-30(39)23-10-12-24(36)13-11-23)31(40)34-25(16-21-7-5-6-8-21)28(37)32(3)18-42-32/h9,14-15,20-21,23-26,36H,5-8,10-13,16-18H2,1-4H3,(H,33,39)(H,34,40)(H,35,38). The molecule has 42 heavy (non-hydrogen) atoms. The highest BCUT2D eigenvalue weighted by Gasteiger charge is 2.50. The minimum atomic E-state index is -0.971. The second kappa shape index (κ2) is 14.0. The number of benzene rings is 1. The molecule has 3 aliphatic rings. The molecule has 0 radical (unpaired) electrons. The molecule has 4 N–H and O–H groups in total. The third kappa shape index (κ3) is 8.31. The molecule has 1 aromatic carbocycles. The normalized spacial score (nSPS) is 26.0. The zero-order valence-corrected chi connectivity index (χ0v) is 25.4. The number of aliphatic hydroxyl groups is 1. The van der Waals surface area contributed by atoms with Crippen molar-refractivity contribution in [2.75, 3.05) is 13.7 Å². The number of hydrogen-bond donors (Lipinski definition) is 4. The smallest absolute Gasteiger partial charge is 0.243 e. The lowest BCUT2D eigenvalue weighted by Crippen LogP contribution is -2.57. The lowest BCUT2D eigenvalue weighted by Gasteiger charge is -2.28. The Kier molecular flexibility index (Phi) is 10.6. The van der Waals surface area contributed by atoms with Crippen LogP contribution in [0.3, 0.4) is 0 Å². The molecule has 0 aromatic heterocycles. The van der Waals surface area contributed by atoms with Gasteiger partial charge in [-0.25, -0.2) is 0 Å². The Hall–Kier alpha value is -2.98. The van der Waals surface area contributed by atoms with E-state index in [1.807, 2.05) is 25.1 Å². The molecular formula is C32H47N3O7. The minimum Gasteiger partial charge on any atom is -0.496 e. The Bertz CT molecular complexity index is 1140. The summed E-state index contributed by atoms with van der Waals surface area (Å²) in [4.78, 5) is 53.3. The maximum atomic E-state index is 13.8. The van der Waals surface area contributed by atoms with Crippen LogP contribution >= 0.6 is 0 Å². The number of carbonyl (C=O) groups is 4. The number of ketones is 1. The first-order valence-corrected chi connectivity index (χ1v) is 15.4. The first kappa shape index (κ1) is 31.9. The topological polar surface area (TPSA) is 146 Å². The summed E-state index contributed by atoms with van der Waals surface area (Å²) < 4.78 is 10.8. The molecule has 1 heterocycles. The molecule has 10 nitrogen and oxygen atoms in total. The summed E-state index contributed by atoms with van der Waals surface area (Å²) in [5, 5.41) is 18.3. The van der Waals surface area contributed by atoms with Crippen molar-refractivity contribution in [1.82, 2.24) is 16.0 Å². The van der Waals surface area contributed by atoms with Gasteiger partial charge in [-0.1, -0.05) is 37.8 Å². The van der Waals surface area contributed by atoms with Gasteiger partial charge in [0.2, 0.25) is 17.7 Å². The number of methoxy groups -OCH3 is 1. The zero-order chi connectivity index (χ0) is 30.4. The van der Waals surface area contributed by atoms with Crippen LogP contribution in [0.25, 0.3) is 0 Å². The summed E-state index contributed by atoms with van der Waals surface area (Å²) in [7, 11) is 1.59. The summed E-state index contributed by atoms with van der Waals surface area (Å²) in [5.74, 6) is -0.468.